The number of rotatable bonds is 4. The number of benzene rings is 2. The van der Waals surface area contributed by atoms with Crippen molar-refractivity contribution in [3.63, 3.8) is 0 Å². The second-order valence-corrected chi connectivity index (χ2v) is 6.66. The van der Waals surface area contributed by atoms with Crippen molar-refractivity contribution in [3.05, 3.63) is 59.7 Å². The van der Waals surface area contributed by atoms with Crippen molar-refractivity contribution in [2.24, 2.45) is 0 Å². The maximum Gasteiger partial charge on any atom is 0.325 e. The van der Waals surface area contributed by atoms with E-state index in [2.05, 4.69) is 10.6 Å². The molecule has 0 aromatic heterocycles. The van der Waals surface area contributed by atoms with Crippen LogP contribution in [0.5, 0.6) is 5.75 Å². The Balaban J connectivity index is 1.51. The molecule has 0 radical (unpaired) electrons. The van der Waals surface area contributed by atoms with Gasteiger partial charge in [-0.2, -0.15) is 0 Å². The molecule has 2 N–H and O–H groups in total. The van der Waals surface area contributed by atoms with Crippen molar-refractivity contribution < 1.29 is 19.1 Å². The lowest BCUT2D eigenvalue weighted by atomic mass is 9.92. The first kappa shape index (κ1) is 17.1. The first-order valence-corrected chi connectivity index (χ1v) is 8.70. The standard InChI is InChI=1S/C20H19N3O4/c1-27-15-7-4-6-14(11-15)21-17(24)12-23-18(25)20(22-19(23)26)10-9-13-5-2-3-8-16(13)20/h2-8,11H,9-10,12H2,1H3,(H,21,24)(H,22,26)/t20-/m1/s1. The molecule has 4 amide bonds. The lowest BCUT2D eigenvalue weighted by molar-refractivity contribution is -0.134. The minimum Gasteiger partial charge on any atom is -0.497 e. The van der Waals surface area contributed by atoms with E-state index in [1.165, 1.54) is 7.11 Å². The molecule has 7 heteroatoms. The molecule has 7 nitrogen and oxygen atoms in total. The zero-order chi connectivity index (χ0) is 19.0. The molecule has 0 bridgehead atoms. The summed E-state index contributed by atoms with van der Waals surface area (Å²) in [6.45, 7) is -0.341. The number of urea groups is 1. The van der Waals surface area contributed by atoms with Crippen molar-refractivity contribution in [2.75, 3.05) is 19.0 Å². The van der Waals surface area contributed by atoms with Gasteiger partial charge < -0.3 is 15.4 Å². The van der Waals surface area contributed by atoms with Crippen molar-refractivity contribution in [1.82, 2.24) is 10.2 Å². The Morgan fingerprint density at radius 3 is 2.85 bits per heavy atom. The van der Waals surface area contributed by atoms with Crippen molar-refractivity contribution in [1.29, 1.82) is 0 Å². The fourth-order valence-electron chi connectivity index (χ4n) is 3.78. The molecule has 0 saturated carbocycles. The number of hydrogen-bond donors (Lipinski definition) is 2. The topological polar surface area (TPSA) is 87.7 Å². The van der Waals surface area contributed by atoms with E-state index in [4.69, 9.17) is 4.74 Å². The number of anilines is 1. The summed E-state index contributed by atoms with van der Waals surface area (Å²) in [4.78, 5) is 38.8. The van der Waals surface area contributed by atoms with Crippen LogP contribution in [0.3, 0.4) is 0 Å². The monoisotopic (exact) mass is 365 g/mol. The highest BCUT2D eigenvalue weighted by Crippen LogP contribution is 2.41. The molecule has 1 fully saturated rings. The van der Waals surface area contributed by atoms with Gasteiger partial charge in [0, 0.05) is 11.8 Å². The summed E-state index contributed by atoms with van der Waals surface area (Å²) in [6.07, 6.45) is 1.22. The summed E-state index contributed by atoms with van der Waals surface area (Å²) in [5.41, 5.74) is 1.35. The maximum absolute atomic E-state index is 13.0. The van der Waals surface area contributed by atoms with Gasteiger partial charge in [0.1, 0.15) is 17.8 Å². The van der Waals surface area contributed by atoms with Crippen LogP contribution in [0.2, 0.25) is 0 Å². The van der Waals surface area contributed by atoms with Crippen LogP contribution in [0.4, 0.5) is 10.5 Å². The number of imide groups is 1. The van der Waals surface area contributed by atoms with E-state index in [0.717, 1.165) is 16.0 Å². The summed E-state index contributed by atoms with van der Waals surface area (Å²) in [6, 6.07) is 13.9. The Morgan fingerprint density at radius 2 is 2.04 bits per heavy atom. The fourth-order valence-corrected chi connectivity index (χ4v) is 3.78. The Kier molecular flexibility index (Phi) is 4.07. The third-order valence-electron chi connectivity index (χ3n) is 5.08. The summed E-state index contributed by atoms with van der Waals surface area (Å²) in [5.74, 6) is -0.224. The SMILES string of the molecule is COc1cccc(NC(=O)CN2C(=O)N[C@@]3(CCc4ccccc43)C2=O)c1. The molecule has 4 rings (SSSR count). The number of methoxy groups -OCH3 is 1. The van der Waals surface area contributed by atoms with Crippen LogP contribution in [0.25, 0.3) is 0 Å². The minimum absolute atomic E-state index is 0.341. The third kappa shape index (κ3) is 2.81. The van der Waals surface area contributed by atoms with Crippen LogP contribution in [0.15, 0.2) is 48.5 Å². The second-order valence-electron chi connectivity index (χ2n) is 6.66. The molecule has 1 saturated heterocycles. The maximum atomic E-state index is 13.0. The van der Waals surface area contributed by atoms with Crippen molar-refractivity contribution >= 4 is 23.5 Å². The number of hydrogen-bond acceptors (Lipinski definition) is 4. The van der Waals surface area contributed by atoms with Crippen LogP contribution in [-0.4, -0.2) is 36.4 Å². The number of nitrogens with one attached hydrogen (secondary N) is 2. The van der Waals surface area contributed by atoms with Crippen LogP contribution in [0.1, 0.15) is 17.5 Å². The van der Waals surface area contributed by atoms with Gasteiger partial charge in [-0.25, -0.2) is 4.79 Å². The first-order chi connectivity index (χ1) is 13.0. The minimum atomic E-state index is -1.05. The van der Waals surface area contributed by atoms with Gasteiger partial charge in [-0.05, 0) is 36.1 Å². The molecule has 1 aliphatic heterocycles. The largest absolute Gasteiger partial charge is 0.497 e. The summed E-state index contributed by atoms with van der Waals surface area (Å²) >= 11 is 0. The van der Waals surface area contributed by atoms with E-state index >= 15 is 0 Å². The van der Waals surface area contributed by atoms with Gasteiger partial charge in [0.2, 0.25) is 5.91 Å². The number of amides is 4. The lowest BCUT2D eigenvalue weighted by Gasteiger charge is -2.22. The lowest BCUT2D eigenvalue weighted by Crippen LogP contribution is -2.42. The van der Waals surface area contributed by atoms with Crippen LogP contribution < -0.4 is 15.4 Å². The molecule has 2 aromatic carbocycles. The second kappa shape index (κ2) is 6.42. The van der Waals surface area contributed by atoms with Gasteiger partial charge in [0.15, 0.2) is 0 Å². The van der Waals surface area contributed by atoms with Crippen molar-refractivity contribution in [2.45, 2.75) is 18.4 Å². The Bertz CT molecular complexity index is 942. The Labute approximate surface area is 156 Å². The molecular weight excluding hydrogens is 346 g/mol. The molecule has 138 valence electrons. The smallest absolute Gasteiger partial charge is 0.325 e. The molecule has 27 heavy (non-hydrogen) atoms. The van der Waals surface area contributed by atoms with Gasteiger partial charge in [0.05, 0.1) is 7.11 Å². The number of fused-ring (bicyclic) bond motifs is 2. The highest BCUT2D eigenvalue weighted by molar-refractivity contribution is 6.10. The third-order valence-corrected chi connectivity index (χ3v) is 5.08. The molecule has 0 unspecified atom stereocenters. The summed E-state index contributed by atoms with van der Waals surface area (Å²) < 4.78 is 5.12. The Hall–Kier alpha value is -3.35. The molecule has 2 aliphatic rings. The van der Waals surface area contributed by atoms with Gasteiger partial charge in [-0.3, -0.25) is 14.5 Å². The number of nitrogens with zero attached hydrogens (tertiary/aromatic N) is 1. The highest BCUT2D eigenvalue weighted by atomic mass is 16.5. The average molecular weight is 365 g/mol. The van der Waals surface area contributed by atoms with Gasteiger partial charge in [-0.15, -0.1) is 0 Å². The van der Waals surface area contributed by atoms with E-state index in [1.807, 2.05) is 24.3 Å². The Morgan fingerprint density at radius 1 is 1.22 bits per heavy atom. The van der Waals surface area contributed by atoms with Gasteiger partial charge in [0.25, 0.3) is 5.91 Å². The van der Waals surface area contributed by atoms with E-state index in [1.54, 1.807) is 24.3 Å². The molecule has 1 aliphatic carbocycles. The van der Waals surface area contributed by atoms with E-state index in [-0.39, 0.29) is 12.5 Å². The van der Waals surface area contributed by atoms with Crippen molar-refractivity contribution in [3.8, 4) is 5.75 Å². The van der Waals surface area contributed by atoms with Gasteiger partial charge in [-0.1, -0.05) is 30.3 Å². The normalized spacial score (nSPS) is 20.6. The van der Waals surface area contributed by atoms with Crippen LogP contribution >= 0.6 is 0 Å². The molecule has 1 heterocycles. The zero-order valence-electron chi connectivity index (χ0n) is 14.8. The predicted molar refractivity (Wildman–Crippen MR) is 98.3 cm³/mol. The van der Waals surface area contributed by atoms with Crippen LogP contribution in [-0.2, 0) is 21.5 Å². The molecule has 1 atom stereocenters. The summed E-state index contributed by atoms with van der Waals surface area (Å²) in [5, 5.41) is 5.50. The fraction of sp³-hybridized carbons (Fsp3) is 0.250. The summed E-state index contributed by atoms with van der Waals surface area (Å²) in [7, 11) is 1.53. The number of carbonyl (C=O) groups is 3. The molecule has 2 aromatic rings. The first-order valence-electron chi connectivity index (χ1n) is 8.70. The highest BCUT2D eigenvalue weighted by Gasteiger charge is 2.55. The average Bonchev–Trinajstić information content (AvgIpc) is 3.15. The number of aryl methyl sites for hydroxylation is 1. The zero-order valence-corrected chi connectivity index (χ0v) is 14.8. The van der Waals surface area contributed by atoms with E-state index < -0.39 is 17.5 Å². The van der Waals surface area contributed by atoms with E-state index in [0.29, 0.717) is 24.3 Å². The van der Waals surface area contributed by atoms with Crippen LogP contribution in [0, 0.1) is 0 Å². The van der Waals surface area contributed by atoms with E-state index in [9.17, 15) is 14.4 Å². The van der Waals surface area contributed by atoms with Gasteiger partial charge >= 0.3 is 6.03 Å². The number of ether oxygens (including phenoxy) is 1. The molecular formula is C20H19N3O4. The number of carbonyl (C=O) groups excluding carboxylic acids is 3. The molecule has 1 spiro atoms. The predicted octanol–water partition coefficient (Wildman–Crippen LogP) is 2.03. The quantitative estimate of drug-likeness (QED) is 0.812.